The summed E-state index contributed by atoms with van der Waals surface area (Å²) in [5.41, 5.74) is 0. The second kappa shape index (κ2) is 43.6. The molecule has 0 saturated carbocycles. The SMILES string of the molecule is CCC[O-].CCC[O-].[Cl-].[Cl-].[V+4]. The maximum absolute atomic E-state index is 9.30. The Kier molecular flexibility index (Phi) is 117. The Morgan fingerprint density at radius 2 is 0.909 bits per heavy atom. The molecule has 0 fully saturated rings. The van der Waals surface area contributed by atoms with Crippen molar-refractivity contribution in [2.24, 2.45) is 0 Å². The zero-order chi connectivity index (χ0) is 6.83. The topological polar surface area (TPSA) is 46.1 Å². The molecule has 0 rings (SSSR count). The van der Waals surface area contributed by atoms with Crippen LogP contribution in [0.3, 0.4) is 0 Å². The largest absolute Gasteiger partial charge is 4.00 e. The maximum Gasteiger partial charge on any atom is 4.00 e. The minimum Gasteiger partial charge on any atom is -1.00 e. The smallest absolute Gasteiger partial charge is 1.00 e. The quantitative estimate of drug-likeness (QED) is 0.482. The Morgan fingerprint density at radius 1 is 0.818 bits per heavy atom. The van der Waals surface area contributed by atoms with Gasteiger partial charge in [0.25, 0.3) is 0 Å². The predicted octanol–water partition coefficient (Wildman–Crippen LogP) is -6.48. The number of hydrogen-bond donors (Lipinski definition) is 0. The van der Waals surface area contributed by atoms with Crippen LogP contribution in [0.1, 0.15) is 26.7 Å². The van der Waals surface area contributed by atoms with Gasteiger partial charge < -0.3 is 35.0 Å². The van der Waals surface area contributed by atoms with Crippen molar-refractivity contribution in [2.45, 2.75) is 26.7 Å². The van der Waals surface area contributed by atoms with Crippen LogP contribution in [-0.4, -0.2) is 13.2 Å². The Bertz CT molecular complexity index is 26.5. The maximum atomic E-state index is 9.30. The Hall–Kier alpha value is 1.08. The minimum absolute atomic E-state index is 0. The molecule has 0 bridgehead atoms. The summed E-state index contributed by atoms with van der Waals surface area (Å²) < 4.78 is 0. The van der Waals surface area contributed by atoms with Crippen LogP contribution in [0.5, 0.6) is 0 Å². The van der Waals surface area contributed by atoms with E-state index in [0.29, 0.717) is 0 Å². The van der Waals surface area contributed by atoms with Crippen LogP contribution in [0.2, 0.25) is 0 Å². The first kappa shape index (κ1) is 29.6. The predicted molar refractivity (Wildman–Crippen MR) is 30.3 cm³/mol. The van der Waals surface area contributed by atoms with E-state index in [4.69, 9.17) is 0 Å². The Balaban J connectivity index is -0.0000000171. The molecule has 0 aromatic rings. The fourth-order valence-electron chi connectivity index (χ4n) is 0. The molecular weight excluding hydrogens is 226 g/mol. The number of rotatable bonds is 2. The average Bonchev–Trinajstić information content (AvgIpc) is 1.88. The summed E-state index contributed by atoms with van der Waals surface area (Å²) in [6.45, 7) is 3.88. The summed E-state index contributed by atoms with van der Waals surface area (Å²) in [5.74, 6) is 0. The van der Waals surface area contributed by atoms with Crippen molar-refractivity contribution in [3.63, 3.8) is 0 Å². The summed E-state index contributed by atoms with van der Waals surface area (Å²) in [5, 5.41) is 18.6. The van der Waals surface area contributed by atoms with E-state index in [0.717, 1.165) is 12.8 Å². The zero-order valence-corrected chi connectivity index (χ0v) is 9.76. The van der Waals surface area contributed by atoms with Crippen molar-refractivity contribution < 1.29 is 53.6 Å². The van der Waals surface area contributed by atoms with Crippen LogP contribution in [0.15, 0.2) is 0 Å². The van der Waals surface area contributed by atoms with Crippen molar-refractivity contribution in [1.29, 1.82) is 0 Å². The standard InChI is InChI=1S/2C3H7O.2ClH.V/c2*1-2-3-4;;;/h2*2-3H2,1H3;2*1H;/q2*-1;;;+4/p-2. The van der Waals surface area contributed by atoms with Gasteiger partial charge in [0.1, 0.15) is 0 Å². The molecule has 0 aliphatic rings. The van der Waals surface area contributed by atoms with Gasteiger partial charge in [-0.1, -0.05) is 26.7 Å². The van der Waals surface area contributed by atoms with Gasteiger partial charge in [-0.2, -0.15) is 0 Å². The fourth-order valence-corrected chi connectivity index (χ4v) is 0. The number of halogens is 2. The summed E-state index contributed by atoms with van der Waals surface area (Å²) in [6.07, 6.45) is 1.53. The molecule has 11 heavy (non-hydrogen) atoms. The van der Waals surface area contributed by atoms with Crippen molar-refractivity contribution in [2.75, 3.05) is 13.2 Å². The van der Waals surface area contributed by atoms with E-state index in [9.17, 15) is 10.2 Å². The van der Waals surface area contributed by atoms with Crippen LogP contribution in [0.4, 0.5) is 0 Å². The van der Waals surface area contributed by atoms with Crippen LogP contribution in [0, 0.1) is 0 Å². The van der Waals surface area contributed by atoms with Crippen molar-refractivity contribution in [3.05, 3.63) is 0 Å². The van der Waals surface area contributed by atoms with Crippen molar-refractivity contribution in [1.82, 2.24) is 0 Å². The molecule has 2 nitrogen and oxygen atoms in total. The first-order valence-electron chi connectivity index (χ1n) is 2.99. The van der Waals surface area contributed by atoms with Gasteiger partial charge in [0.2, 0.25) is 0 Å². The van der Waals surface area contributed by atoms with Crippen LogP contribution >= 0.6 is 0 Å². The fraction of sp³-hybridized carbons (Fsp3) is 1.00. The molecule has 69 valence electrons. The van der Waals surface area contributed by atoms with Gasteiger partial charge in [-0.3, -0.25) is 0 Å². The average molecular weight is 240 g/mol. The number of hydrogen-bond acceptors (Lipinski definition) is 2. The molecule has 0 heterocycles. The summed E-state index contributed by atoms with van der Waals surface area (Å²) in [7, 11) is 0. The van der Waals surface area contributed by atoms with E-state index in [1.165, 1.54) is 0 Å². The van der Waals surface area contributed by atoms with Gasteiger partial charge in [0, 0.05) is 0 Å². The molecule has 0 aliphatic heterocycles. The summed E-state index contributed by atoms with van der Waals surface area (Å²) in [4.78, 5) is 0. The van der Waals surface area contributed by atoms with Crippen molar-refractivity contribution >= 4 is 0 Å². The van der Waals surface area contributed by atoms with E-state index in [1.54, 1.807) is 0 Å². The van der Waals surface area contributed by atoms with E-state index in [2.05, 4.69) is 0 Å². The van der Waals surface area contributed by atoms with Crippen molar-refractivity contribution in [3.8, 4) is 0 Å². The molecule has 0 atom stereocenters. The van der Waals surface area contributed by atoms with Gasteiger partial charge in [0.15, 0.2) is 0 Å². The van der Waals surface area contributed by atoms with Crippen LogP contribution < -0.4 is 35.0 Å². The third-order valence-corrected chi connectivity index (χ3v) is 0.408. The van der Waals surface area contributed by atoms with E-state index >= 15 is 0 Å². The van der Waals surface area contributed by atoms with E-state index < -0.39 is 0 Å². The molecule has 1 radical (unpaired) electrons. The van der Waals surface area contributed by atoms with Crippen LogP contribution in [-0.2, 0) is 18.6 Å². The first-order chi connectivity index (χ1) is 3.83. The molecule has 0 N–H and O–H groups in total. The molecule has 0 aromatic heterocycles. The van der Waals surface area contributed by atoms with Crippen LogP contribution in [0.25, 0.3) is 0 Å². The molecule has 0 amide bonds. The Morgan fingerprint density at radius 3 is 0.909 bits per heavy atom. The molecule has 0 aromatic carbocycles. The Labute approximate surface area is 93.5 Å². The normalized spacial score (nSPS) is 5.45. The molecule has 5 heteroatoms. The van der Waals surface area contributed by atoms with Gasteiger partial charge in [-0.15, -0.1) is 13.2 Å². The zero-order valence-electron chi connectivity index (χ0n) is 6.85. The van der Waals surface area contributed by atoms with E-state index in [1.807, 2.05) is 13.8 Å². The molecule has 0 unspecified atom stereocenters. The summed E-state index contributed by atoms with van der Waals surface area (Å²) in [6, 6.07) is 0. The second-order valence-electron chi connectivity index (χ2n) is 1.41. The van der Waals surface area contributed by atoms with Gasteiger partial charge in [-0.05, 0) is 0 Å². The first-order valence-corrected chi connectivity index (χ1v) is 2.99. The molecule has 0 saturated heterocycles. The van der Waals surface area contributed by atoms with Gasteiger partial charge in [-0.25, -0.2) is 0 Å². The molecule has 0 aliphatic carbocycles. The van der Waals surface area contributed by atoms with E-state index in [-0.39, 0.29) is 56.6 Å². The third kappa shape index (κ3) is 96.2. The monoisotopic (exact) mass is 239 g/mol. The van der Waals surface area contributed by atoms with Gasteiger partial charge in [0.05, 0.1) is 0 Å². The second-order valence-corrected chi connectivity index (χ2v) is 1.41. The molecular formula is C6H14Cl2O2V. The third-order valence-electron chi connectivity index (χ3n) is 0.408. The summed E-state index contributed by atoms with van der Waals surface area (Å²) >= 11 is 0. The molecule has 0 spiro atoms. The van der Waals surface area contributed by atoms with Gasteiger partial charge >= 0.3 is 18.6 Å². The minimum atomic E-state index is 0.